The maximum absolute atomic E-state index is 9.86. The standard InChI is InChI=1S/C78H48BN3S2/c1-5-19-49(20-6-1)53-37-41-72-60(43-53)76-68(31-17-33-74(76)83-72)81-66-39-35-55(51-23-9-3-10-24-51)45-62(66)79-63-46-56(52-25-11-4-12-26-52)36-40-67(63)82(69-32-18-34-75-77(69)61-44-54(38-42-73(61)84-75)50-21-7-2-8-22-50)71-48-57(47-70(81)78(71)79)80-64-29-15-13-27-58(64)59-28-14-16-30-65(59)80/h1-48H/i13D,14D,15D,16D,27D,28D,29D,30D. The van der Waals surface area contributed by atoms with Crippen LogP contribution in [-0.4, -0.2) is 11.3 Å². The fourth-order valence-corrected chi connectivity index (χ4v) is 15.8. The second kappa shape index (κ2) is 18.6. The lowest BCUT2D eigenvalue weighted by Crippen LogP contribution is -2.61. The number of rotatable bonds is 7. The summed E-state index contributed by atoms with van der Waals surface area (Å²) in [7, 11) is 0. The van der Waals surface area contributed by atoms with Crippen LogP contribution in [0.1, 0.15) is 11.0 Å². The van der Waals surface area contributed by atoms with Gasteiger partial charge in [0.15, 0.2) is 0 Å². The molecule has 16 aromatic rings. The van der Waals surface area contributed by atoms with Crippen molar-refractivity contribution in [3.8, 4) is 50.2 Å². The first-order valence-electron chi connectivity index (χ1n) is 32.2. The van der Waals surface area contributed by atoms with E-state index in [9.17, 15) is 8.22 Å². The number of para-hydroxylation sites is 2. The van der Waals surface area contributed by atoms with E-state index in [4.69, 9.17) is 2.74 Å². The van der Waals surface area contributed by atoms with Gasteiger partial charge >= 0.3 is 0 Å². The third-order valence-corrected chi connectivity index (χ3v) is 19.5. The van der Waals surface area contributed by atoms with Gasteiger partial charge in [-0.05, 0) is 146 Å². The highest BCUT2D eigenvalue weighted by molar-refractivity contribution is 7.26. The van der Waals surface area contributed by atoms with E-state index in [1.165, 1.54) is 0 Å². The van der Waals surface area contributed by atoms with Gasteiger partial charge in [0.2, 0.25) is 0 Å². The molecule has 6 heteroatoms. The van der Waals surface area contributed by atoms with Crippen LogP contribution in [0.2, 0.25) is 0 Å². The molecular weight excluding hydrogens is 1050 g/mol. The van der Waals surface area contributed by atoms with Crippen molar-refractivity contribution in [2.24, 2.45) is 0 Å². The summed E-state index contributed by atoms with van der Waals surface area (Å²) in [5.41, 5.74) is 17.6. The van der Waals surface area contributed by atoms with Gasteiger partial charge in [0.25, 0.3) is 6.71 Å². The van der Waals surface area contributed by atoms with Crippen molar-refractivity contribution in [1.82, 2.24) is 4.57 Å². The lowest BCUT2D eigenvalue weighted by molar-refractivity contribution is 1.16. The number of thiophene rings is 2. The first-order valence-corrected chi connectivity index (χ1v) is 29.8. The molecule has 5 heterocycles. The lowest BCUT2D eigenvalue weighted by atomic mass is 9.33. The van der Waals surface area contributed by atoms with E-state index in [0.717, 1.165) is 135 Å². The first kappa shape index (κ1) is 40.0. The number of hydrogen-bond donors (Lipinski definition) is 0. The normalized spacial score (nSPS) is 14.0. The second-order valence-electron chi connectivity index (χ2n) is 21.7. The average Bonchev–Trinajstić information content (AvgIpc) is 0.974. The summed E-state index contributed by atoms with van der Waals surface area (Å²) in [5, 5.41) is 4.34. The molecule has 84 heavy (non-hydrogen) atoms. The van der Waals surface area contributed by atoms with Gasteiger partial charge in [0, 0.05) is 73.9 Å². The molecule has 2 aliphatic heterocycles. The molecule has 0 amide bonds. The highest BCUT2D eigenvalue weighted by atomic mass is 32.1. The summed E-state index contributed by atoms with van der Waals surface area (Å²) in [4.78, 5) is 4.78. The van der Waals surface area contributed by atoms with Crippen LogP contribution < -0.4 is 26.2 Å². The smallest absolute Gasteiger partial charge is 0.252 e. The van der Waals surface area contributed by atoms with Gasteiger partial charge in [0.1, 0.15) is 0 Å². The van der Waals surface area contributed by atoms with Crippen LogP contribution in [-0.2, 0) is 0 Å². The number of aromatic nitrogens is 1. The molecule has 0 saturated heterocycles. The van der Waals surface area contributed by atoms with Crippen molar-refractivity contribution >= 4 is 142 Å². The Bertz CT molecular complexity index is 5490. The molecule has 0 radical (unpaired) electrons. The molecule has 0 N–H and O–H groups in total. The number of benzene rings is 13. The molecule has 0 bridgehead atoms. The molecule has 13 aromatic carbocycles. The highest BCUT2D eigenvalue weighted by Crippen LogP contribution is 2.53. The van der Waals surface area contributed by atoms with Crippen LogP contribution in [0.15, 0.2) is 291 Å². The van der Waals surface area contributed by atoms with E-state index in [1.54, 1.807) is 27.2 Å². The largest absolute Gasteiger partial charge is 0.311 e. The predicted octanol–water partition coefficient (Wildman–Crippen LogP) is 20.3. The molecular formula is C78H48BN3S2. The molecule has 0 fully saturated rings. The summed E-state index contributed by atoms with van der Waals surface area (Å²) >= 11 is 3.50. The van der Waals surface area contributed by atoms with Crippen molar-refractivity contribution < 1.29 is 11.0 Å². The number of nitrogens with zero attached hydrogens (tertiary/aromatic N) is 3. The summed E-state index contributed by atoms with van der Waals surface area (Å²) in [6.45, 7) is -0.419. The number of fused-ring (bicyclic) bond motifs is 13. The minimum atomic E-state index is -0.495. The van der Waals surface area contributed by atoms with Crippen LogP contribution in [0.3, 0.4) is 0 Å². The van der Waals surface area contributed by atoms with E-state index in [0.29, 0.717) is 5.69 Å². The Balaban J connectivity index is 1.03. The van der Waals surface area contributed by atoms with Crippen molar-refractivity contribution in [2.75, 3.05) is 9.80 Å². The summed E-state index contributed by atoms with van der Waals surface area (Å²) in [6, 6.07) is 82.9. The number of hydrogen-bond acceptors (Lipinski definition) is 4. The third-order valence-electron chi connectivity index (χ3n) is 17.2. The van der Waals surface area contributed by atoms with Crippen LogP contribution in [0.4, 0.5) is 34.1 Å². The molecule has 2 aliphatic rings. The molecule has 0 saturated carbocycles. The SMILES string of the molecule is [2H]c1c([2H])c([2H])c2c(c1[2H])c1c([2H])c([2H])c([2H])c([2H])c1n2-c1cc2c3c(c1)N(c1cccc4sc5ccc(-c6ccccc6)cc5c14)c1ccc(-c4ccccc4)cc1B3c1cc(-c3ccccc3)ccc1N2c1cccc2sc3ccc(-c4ccccc4)cc3c12. The van der Waals surface area contributed by atoms with E-state index in [-0.39, 0.29) is 46.0 Å². The molecule has 0 aliphatic carbocycles. The van der Waals surface area contributed by atoms with E-state index >= 15 is 0 Å². The topological polar surface area (TPSA) is 11.4 Å². The van der Waals surface area contributed by atoms with Crippen molar-refractivity contribution in [2.45, 2.75) is 0 Å². The monoisotopic (exact) mass is 1110 g/mol. The zero-order valence-electron chi connectivity index (χ0n) is 52.8. The van der Waals surface area contributed by atoms with Crippen LogP contribution >= 0.6 is 22.7 Å². The van der Waals surface area contributed by atoms with Crippen molar-refractivity contribution in [3.63, 3.8) is 0 Å². The van der Waals surface area contributed by atoms with Gasteiger partial charge in [-0.15, -0.1) is 22.7 Å². The van der Waals surface area contributed by atoms with Crippen LogP contribution in [0.5, 0.6) is 0 Å². The first-order chi connectivity index (χ1) is 45.0. The van der Waals surface area contributed by atoms with Crippen molar-refractivity contribution in [3.05, 3.63) is 291 Å². The molecule has 3 aromatic heterocycles. The lowest BCUT2D eigenvalue weighted by Gasteiger charge is -2.45. The Hall–Kier alpha value is -10.2. The fourth-order valence-electron chi connectivity index (χ4n) is 13.5. The van der Waals surface area contributed by atoms with Gasteiger partial charge in [-0.25, -0.2) is 0 Å². The average molecular weight is 1110 g/mol. The van der Waals surface area contributed by atoms with Crippen LogP contribution in [0.25, 0.3) is 112 Å². The quantitative estimate of drug-likeness (QED) is 0.147. The molecule has 0 unspecified atom stereocenters. The molecule has 3 nitrogen and oxygen atoms in total. The highest BCUT2D eigenvalue weighted by Gasteiger charge is 2.45. The molecule has 0 spiro atoms. The Labute approximate surface area is 505 Å². The van der Waals surface area contributed by atoms with Gasteiger partial charge in [0.05, 0.1) is 39.1 Å². The van der Waals surface area contributed by atoms with Gasteiger partial charge in [-0.1, -0.05) is 206 Å². The Kier molecular flexibility index (Phi) is 8.89. The zero-order valence-corrected chi connectivity index (χ0v) is 46.5. The van der Waals surface area contributed by atoms with E-state index in [1.807, 2.05) is 24.3 Å². The number of anilines is 6. The van der Waals surface area contributed by atoms with Gasteiger partial charge in [-0.3, -0.25) is 0 Å². The Morgan fingerprint density at radius 3 is 1.12 bits per heavy atom. The summed E-state index contributed by atoms with van der Waals surface area (Å²) < 4.78 is 81.7. The van der Waals surface area contributed by atoms with Gasteiger partial charge in [-0.2, -0.15) is 0 Å². The van der Waals surface area contributed by atoms with E-state index < -0.39 is 30.9 Å². The van der Waals surface area contributed by atoms with Crippen LogP contribution in [0, 0.1) is 0 Å². The Morgan fingerprint density at radius 1 is 0.298 bits per heavy atom. The predicted molar refractivity (Wildman–Crippen MR) is 362 cm³/mol. The summed E-state index contributed by atoms with van der Waals surface area (Å²) in [5.74, 6) is 0. The van der Waals surface area contributed by atoms with Crippen molar-refractivity contribution in [1.29, 1.82) is 0 Å². The van der Waals surface area contributed by atoms with Gasteiger partial charge < -0.3 is 14.4 Å². The minimum Gasteiger partial charge on any atom is -0.311 e. The fraction of sp³-hybridized carbons (Fsp3) is 0. The maximum Gasteiger partial charge on any atom is 0.252 e. The second-order valence-corrected chi connectivity index (χ2v) is 23.9. The zero-order chi connectivity index (χ0) is 61.9. The minimum absolute atomic E-state index is 0.0148. The molecule has 0 atom stereocenters. The third kappa shape index (κ3) is 7.18. The summed E-state index contributed by atoms with van der Waals surface area (Å²) in [6.07, 6.45) is 0. The Morgan fingerprint density at radius 2 is 0.690 bits per heavy atom. The molecule has 390 valence electrons. The van der Waals surface area contributed by atoms with E-state index in [2.05, 4.69) is 228 Å². The maximum atomic E-state index is 9.86. The molecule has 18 rings (SSSR count).